The van der Waals surface area contributed by atoms with Crippen LogP contribution in [0.4, 0.5) is 5.69 Å². The Bertz CT molecular complexity index is 606. The van der Waals surface area contributed by atoms with E-state index in [1.54, 1.807) is 31.2 Å². The van der Waals surface area contributed by atoms with Crippen LogP contribution < -0.4 is 10.1 Å². The molecule has 7 nitrogen and oxygen atoms in total. The molecule has 1 aromatic rings. The number of nitrogens with zero attached hydrogens (tertiary/aromatic N) is 1. The number of ether oxygens (including phenoxy) is 2. The molecular weight excluding hydrogens is 324 g/mol. The average molecular weight is 348 g/mol. The molecule has 0 unspecified atom stereocenters. The number of piperidine rings is 1. The van der Waals surface area contributed by atoms with Crippen LogP contribution in [0.15, 0.2) is 24.3 Å². The highest BCUT2D eigenvalue weighted by Crippen LogP contribution is 2.20. The minimum atomic E-state index is -0.682. The van der Waals surface area contributed by atoms with Gasteiger partial charge in [-0.15, -0.1) is 0 Å². The van der Waals surface area contributed by atoms with Crippen molar-refractivity contribution in [1.82, 2.24) is 4.90 Å². The largest absolute Gasteiger partial charge is 0.494 e. The third kappa shape index (κ3) is 5.20. The zero-order valence-electron chi connectivity index (χ0n) is 14.6. The highest BCUT2D eigenvalue weighted by Gasteiger charge is 2.30. The fourth-order valence-electron chi connectivity index (χ4n) is 2.71. The van der Waals surface area contributed by atoms with Gasteiger partial charge in [-0.1, -0.05) is 0 Å². The summed E-state index contributed by atoms with van der Waals surface area (Å²) in [4.78, 5) is 37.5. The van der Waals surface area contributed by atoms with Crippen LogP contribution in [-0.4, -0.2) is 49.0 Å². The van der Waals surface area contributed by atoms with Crippen LogP contribution in [0.2, 0.25) is 0 Å². The molecular formula is C18H24N2O5. The first kappa shape index (κ1) is 18.8. The molecule has 2 amide bonds. The Hall–Kier alpha value is -2.57. The molecule has 0 atom stereocenters. The van der Waals surface area contributed by atoms with Crippen molar-refractivity contribution in [3.05, 3.63) is 24.3 Å². The van der Waals surface area contributed by atoms with Gasteiger partial charge in [-0.3, -0.25) is 14.4 Å². The molecule has 1 heterocycles. The van der Waals surface area contributed by atoms with Gasteiger partial charge < -0.3 is 19.7 Å². The Morgan fingerprint density at radius 1 is 1.08 bits per heavy atom. The lowest BCUT2D eigenvalue weighted by Gasteiger charge is -2.30. The summed E-state index contributed by atoms with van der Waals surface area (Å²) in [5, 5.41) is 2.59. The predicted octanol–water partition coefficient (Wildman–Crippen LogP) is 1.83. The SMILES string of the molecule is CCOC(=O)C1CCN(C(=O)C(=O)Nc2ccc(OCC)cc2)CC1. The zero-order valence-corrected chi connectivity index (χ0v) is 14.6. The summed E-state index contributed by atoms with van der Waals surface area (Å²) in [6.45, 7) is 5.31. The molecule has 1 fully saturated rings. The van der Waals surface area contributed by atoms with Crippen LogP contribution in [0.25, 0.3) is 0 Å². The van der Waals surface area contributed by atoms with Gasteiger partial charge in [0.1, 0.15) is 5.75 Å². The second kappa shape index (κ2) is 9.05. The monoisotopic (exact) mass is 348 g/mol. The van der Waals surface area contributed by atoms with Crippen LogP contribution in [-0.2, 0) is 19.1 Å². The Morgan fingerprint density at radius 3 is 2.28 bits per heavy atom. The molecule has 0 saturated carbocycles. The fourth-order valence-corrected chi connectivity index (χ4v) is 2.71. The van der Waals surface area contributed by atoms with E-state index in [4.69, 9.17) is 9.47 Å². The summed E-state index contributed by atoms with van der Waals surface area (Å²) in [5.74, 6) is -0.991. The minimum absolute atomic E-state index is 0.196. The van der Waals surface area contributed by atoms with Gasteiger partial charge in [0.05, 0.1) is 19.1 Å². The molecule has 0 bridgehead atoms. The Labute approximate surface area is 147 Å². The van der Waals surface area contributed by atoms with E-state index in [9.17, 15) is 14.4 Å². The second-order valence-electron chi connectivity index (χ2n) is 5.73. The van der Waals surface area contributed by atoms with Gasteiger partial charge in [-0.05, 0) is 51.0 Å². The summed E-state index contributed by atoms with van der Waals surface area (Å²) in [6, 6.07) is 6.83. The number of amides is 2. The van der Waals surface area contributed by atoms with Crippen molar-refractivity contribution in [2.45, 2.75) is 26.7 Å². The number of rotatable bonds is 5. The van der Waals surface area contributed by atoms with Crippen molar-refractivity contribution < 1.29 is 23.9 Å². The average Bonchev–Trinajstić information content (AvgIpc) is 2.63. The molecule has 7 heteroatoms. The first-order chi connectivity index (χ1) is 12.0. The Morgan fingerprint density at radius 2 is 1.72 bits per heavy atom. The van der Waals surface area contributed by atoms with E-state index in [-0.39, 0.29) is 11.9 Å². The highest BCUT2D eigenvalue weighted by atomic mass is 16.5. The lowest BCUT2D eigenvalue weighted by molar-refractivity contribution is -0.152. The van der Waals surface area contributed by atoms with Gasteiger partial charge in [0, 0.05) is 18.8 Å². The topological polar surface area (TPSA) is 84.9 Å². The van der Waals surface area contributed by atoms with Crippen molar-refractivity contribution in [2.24, 2.45) is 5.92 Å². The van der Waals surface area contributed by atoms with Crippen LogP contribution in [0.5, 0.6) is 5.75 Å². The standard InChI is InChI=1S/C18H24N2O5/c1-3-24-15-7-5-14(6-8-15)19-16(21)17(22)20-11-9-13(10-12-20)18(23)25-4-2/h5-8,13H,3-4,9-12H2,1-2H3,(H,19,21). The maximum Gasteiger partial charge on any atom is 0.313 e. The number of carbonyl (C=O) groups is 3. The summed E-state index contributed by atoms with van der Waals surface area (Å²) in [7, 11) is 0. The molecule has 1 aromatic carbocycles. The number of carbonyl (C=O) groups excluding carboxylic acids is 3. The molecule has 25 heavy (non-hydrogen) atoms. The molecule has 0 aliphatic carbocycles. The van der Waals surface area contributed by atoms with Crippen LogP contribution >= 0.6 is 0 Å². The lowest BCUT2D eigenvalue weighted by atomic mass is 9.97. The van der Waals surface area contributed by atoms with Crippen LogP contribution in [0.3, 0.4) is 0 Å². The molecule has 2 rings (SSSR count). The third-order valence-corrected chi connectivity index (χ3v) is 4.02. The van der Waals surface area contributed by atoms with Crippen molar-refractivity contribution in [2.75, 3.05) is 31.6 Å². The summed E-state index contributed by atoms with van der Waals surface area (Å²) in [6.07, 6.45) is 1.03. The fraction of sp³-hybridized carbons (Fsp3) is 0.500. The van der Waals surface area contributed by atoms with Crippen LogP contribution in [0, 0.1) is 5.92 Å². The van der Waals surface area contributed by atoms with Crippen molar-refractivity contribution in [3.63, 3.8) is 0 Å². The summed E-state index contributed by atoms with van der Waals surface area (Å²) in [5.41, 5.74) is 0.531. The number of nitrogens with one attached hydrogen (secondary N) is 1. The zero-order chi connectivity index (χ0) is 18.2. The number of hydrogen-bond donors (Lipinski definition) is 1. The first-order valence-electron chi connectivity index (χ1n) is 8.54. The summed E-state index contributed by atoms with van der Waals surface area (Å²) < 4.78 is 10.3. The predicted molar refractivity (Wildman–Crippen MR) is 92.2 cm³/mol. The number of esters is 1. The Balaban J connectivity index is 1.84. The Kier molecular flexibility index (Phi) is 6.80. The van der Waals surface area contributed by atoms with E-state index < -0.39 is 11.8 Å². The molecule has 1 saturated heterocycles. The molecule has 0 spiro atoms. The summed E-state index contributed by atoms with van der Waals surface area (Å²) >= 11 is 0. The maximum absolute atomic E-state index is 12.2. The number of benzene rings is 1. The number of hydrogen-bond acceptors (Lipinski definition) is 5. The van der Waals surface area contributed by atoms with Gasteiger partial charge in [0.2, 0.25) is 0 Å². The van der Waals surface area contributed by atoms with E-state index >= 15 is 0 Å². The second-order valence-corrected chi connectivity index (χ2v) is 5.73. The number of likely N-dealkylation sites (tertiary alicyclic amines) is 1. The molecule has 1 aliphatic rings. The molecule has 1 N–H and O–H groups in total. The maximum atomic E-state index is 12.2. The van der Waals surface area contributed by atoms with Gasteiger partial charge in [0.15, 0.2) is 0 Å². The van der Waals surface area contributed by atoms with E-state index in [1.165, 1.54) is 4.90 Å². The minimum Gasteiger partial charge on any atom is -0.494 e. The highest BCUT2D eigenvalue weighted by molar-refractivity contribution is 6.39. The van der Waals surface area contributed by atoms with Crippen molar-refractivity contribution in [1.29, 1.82) is 0 Å². The quantitative estimate of drug-likeness (QED) is 0.648. The smallest absolute Gasteiger partial charge is 0.313 e. The lowest BCUT2D eigenvalue weighted by Crippen LogP contribution is -2.45. The van der Waals surface area contributed by atoms with E-state index in [0.717, 1.165) is 0 Å². The van der Waals surface area contributed by atoms with Gasteiger partial charge in [-0.25, -0.2) is 0 Å². The third-order valence-electron chi connectivity index (χ3n) is 4.02. The van der Waals surface area contributed by atoms with Crippen molar-refractivity contribution in [3.8, 4) is 5.75 Å². The van der Waals surface area contributed by atoms with Gasteiger partial charge in [-0.2, -0.15) is 0 Å². The first-order valence-corrected chi connectivity index (χ1v) is 8.54. The molecule has 0 aromatic heterocycles. The molecule has 136 valence electrons. The van der Waals surface area contributed by atoms with E-state index in [2.05, 4.69) is 5.32 Å². The van der Waals surface area contributed by atoms with E-state index in [0.29, 0.717) is 50.6 Å². The van der Waals surface area contributed by atoms with Gasteiger partial charge in [0.25, 0.3) is 0 Å². The molecule has 1 aliphatic heterocycles. The normalized spacial score (nSPS) is 14.7. The van der Waals surface area contributed by atoms with Gasteiger partial charge >= 0.3 is 17.8 Å². The number of anilines is 1. The van der Waals surface area contributed by atoms with E-state index in [1.807, 2.05) is 6.92 Å². The van der Waals surface area contributed by atoms with Crippen molar-refractivity contribution >= 4 is 23.5 Å². The van der Waals surface area contributed by atoms with Crippen LogP contribution in [0.1, 0.15) is 26.7 Å². The molecule has 0 radical (unpaired) electrons.